The average Bonchev–Trinajstić information content (AvgIpc) is 3.05. The van der Waals surface area contributed by atoms with Gasteiger partial charge in [-0.2, -0.15) is 0 Å². The molecule has 31 heavy (non-hydrogen) atoms. The molecule has 1 heterocycles. The molecule has 0 fully saturated rings. The minimum absolute atomic E-state index is 0.211. The molecular weight excluding hydrogens is 386 g/mol. The van der Waals surface area contributed by atoms with Crippen molar-refractivity contribution in [3.63, 3.8) is 0 Å². The maximum Gasteiger partial charge on any atom is 0.294 e. The van der Waals surface area contributed by atoms with Crippen LogP contribution in [-0.2, 0) is 4.79 Å². The molecular formula is C27H27NO3. The predicted octanol–water partition coefficient (Wildman–Crippen LogP) is 6.18. The Morgan fingerprint density at radius 1 is 0.903 bits per heavy atom. The van der Waals surface area contributed by atoms with Crippen molar-refractivity contribution in [1.82, 2.24) is 0 Å². The van der Waals surface area contributed by atoms with Crippen molar-refractivity contribution in [2.24, 2.45) is 0 Å². The predicted molar refractivity (Wildman–Crippen MR) is 124 cm³/mol. The van der Waals surface area contributed by atoms with Gasteiger partial charge in [-0.25, -0.2) is 0 Å². The van der Waals surface area contributed by atoms with Crippen LogP contribution in [0.3, 0.4) is 0 Å². The molecule has 4 nitrogen and oxygen atoms in total. The van der Waals surface area contributed by atoms with Crippen molar-refractivity contribution < 1.29 is 14.6 Å². The topological polar surface area (TPSA) is 49.8 Å². The van der Waals surface area contributed by atoms with Gasteiger partial charge in [-0.15, -0.1) is 0 Å². The highest BCUT2D eigenvalue weighted by Gasteiger charge is 2.42. The number of amides is 1. The minimum atomic E-state index is -0.426. The summed E-state index contributed by atoms with van der Waals surface area (Å²) in [6, 6.07) is 23.1. The lowest BCUT2D eigenvalue weighted by Gasteiger charge is -2.28. The van der Waals surface area contributed by atoms with E-state index in [-0.39, 0.29) is 5.76 Å². The third-order valence-electron chi connectivity index (χ3n) is 5.84. The van der Waals surface area contributed by atoms with Crippen molar-refractivity contribution in [1.29, 1.82) is 0 Å². The number of aryl methyl sites for hydroxylation is 1. The van der Waals surface area contributed by atoms with Gasteiger partial charge in [-0.1, -0.05) is 67.9 Å². The molecule has 0 bridgehead atoms. The van der Waals surface area contributed by atoms with Crippen LogP contribution in [0, 0.1) is 6.92 Å². The highest BCUT2D eigenvalue weighted by atomic mass is 16.5. The fourth-order valence-corrected chi connectivity index (χ4v) is 4.02. The first-order valence-corrected chi connectivity index (χ1v) is 10.5. The lowest BCUT2D eigenvalue weighted by molar-refractivity contribution is -0.117. The molecule has 1 aliphatic rings. The van der Waals surface area contributed by atoms with Gasteiger partial charge in [0.2, 0.25) is 0 Å². The van der Waals surface area contributed by atoms with Gasteiger partial charge in [0, 0.05) is 11.3 Å². The Morgan fingerprint density at radius 3 is 2.06 bits per heavy atom. The number of rotatable bonds is 5. The number of hydrogen-bond acceptors (Lipinski definition) is 3. The molecule has 1 N–H and O–H groups in total. The maximum atomic E-state index is 13.3. The van der Waals surface area contributed by atoms with Gasteiger partial charge in [-0.3, -0.25) is 9.69 Å². The van der Waals surface area contributed by atoms with Crippen LogP contribution in [0.25, 0.3) is 5.57 Å². The number of ether oxygens (including phenoxy) is 1. The fraction of sp³-hybridized carbons (Fsp3) is 0.222. The molecule has 1 atom stereocenters. The van der Waals surface area contributed by atoms with Crippen LogP contribution in [0.1, 0.15) is 48.1 Å². The van der Waals surface area contributed by atoms with E-state index in [1.165, 1.54) is 5.56 Å². The highest BCUT2D eigenvalue weighted by Crippen LogP contribution is 2.45. The second-order valence-electron chi connectivity index (χ2n) is 8.23. The Hall–Kier alpha value is -3.53. The molecule has 1 amide bonds. The number of aliphatic hydroxyl groups is 1. The minimum Gasteiger partial charge on any atom is -0.503 e. The summed E-state index contributed by atoms with van der Waals surface area (Å²) in [4.78, 5) is 14.9. The number of anilines is 1. The molecule has 1 aliphatic heterocycles. The van der Waals surface area contributed by atoms with Crippen LogP contribution in [0.4, 0.5) is 5.69 Å². The largest absolute Gasteiger partial charge is 0.503 e. The summed E-state index contributed by atoms with van der Waals surface area (Å²) in [6.07, 6.45) is 0. The Bertz CT molecular complexity index is 1110. The molecule has 1 unspecified atom stereocenters. The van der Waals surface area contributed by atoms with E-state index in [0.29, 0.717) is 22.9 Å². The van der Waals surface area contributed by atoms with E-state index in [4.69, 9.17) is 4.74 Å². The van der Waals surface area contributed by atoms with E-state index in [0.717, 1.165) is 16.7 Å². The van der Waals surface area contributed by atoms with E-state index in [2.05, 4.69) is 38.1 Å². The number of carbonyl (C=O) groups is 1. The molecule has 0 spiro atoms. The third-order valence-corrected chi connectivity index (χ3v) is 5.84. The van der Waals surface area contributed by atoms with Crippen LogP contribution >= 0.6 is 0 Å². The van der Waals surface area contributed by atoms with Crippen LogP contribution in [0.2, 0.25) is 0 Å². The van der Waals surface area contributed by atoms with Gasteiger partial charge in [0.15, 0.2) is 5.76 Å². The quantitative estimate of drug-likeness (QED) is 0.543. The van der Waals surface area contributed by atoms with E-state index in [1.54, 1.807) is 12.0 Å². The van der Waals surface area contributed by atoms with Crippen molar-refractivity contribution in [3.05, 3.63) is 101 Å². The maximum absolute atomic E-state index is 13.3. The molecule has 0 radical (unpaired) electrons. The third kappa shape index (κ3) is 3.81. The Balaban J connectivity index is 1.86. The van der Waals surface area contributed by atoms with E-state index < -0.39 is 11.9 Å². The lowest BCUT2D eigenvalue weighted by Crippen LogP contribution is -2.30. The lowest BCUT2D eigenvalue weighted by atomic mass is 9.91. The van der Waals surface area contributed by atoms with Crippen LogP contribution < -0.4 is 9.64 Å². The second kappa shape index (κ2) is 8.31. The highest BCUT2D eigenvalue weighted by molar-refractivity contribution is 6.16. The number of carbonyl (C=O) groups excluding carboxylic acids is 1. The number of methoxy groups -OCH3 is 1. The van der Waals surface area contributed by atoms with Gasteiger partial charge in [0.25, 0.3) is 5.91 Å². The summed E-state index contributed by atoms with van der Waals surface area (Å²) >= 11 is 0. The first kappa shape index (κ1) is 20.7. The zero-order chi connectivity index (χ0) is 22.1. The molecule has 4 heteroatoms. The normalized spacial score (nSPS) is 16.4. The van der Waals surface area contributed by atoms with Crippen molar-refractivity contribution in [3.8, 4) is 5.75 Å². The molecule has 0 saturated carbocycles. The van der Waals surface area contributed by atoms with Gasteiger partial charge in [0.1, 0.15) is 5.75 Å². The molecule has 0 saturated heterocycles. The molecule has 0 aliphatic carbocycles. The van der Waals surface area contributed by atoms with Crippen molar-refractivity contribution in [2.45, 2.75) is 32.7 Å². The Morgan fingerprint density at radius 2 is 1.52 bits per heavy atom. The summed E-state index contributed by atoms with van der Waals surface area (Å²) in [7, 11) is 1.61. The van der Waals surface area contributed by atoms with E-state index in [9.17, 15) is 9.90 Å². The zero-order valence-electron chi connectivity index (χ0n) is 18.3. The van der Waals surface area contributed by atoms with Gasteiger partial charge < -0.3 is 9.84 Å². The van der Waals surface area contributed by atoms with Crippen molar-refractivity contribution in [2.75, 3.05) is 12.0 Å². The van der Waals surface area contributed by atoms with E-state index in [1.807, 2.05) is 55.5 Å². The fourth-order valence-electron chi connectivity index (χ4n) is 4.02. The zero-order valence-corrected chi connectivity index (χ0v) is 18.3. The first-order valence-electron chi connectivity index (χ1n) is 10.5. The standard InChI is InChI=1S/C27H27NO3/c1-17(2)19-9-11-21(12-10-19)25-24(20-7-5-18(3)6-8-20)26(29)27(30)28(25)22-13-15-23(31-4)16-14-22/h5-17,25,29H,1-4H3. The summed E-state index contributed by atoms with van der Waals surface area (Å²) in [5.74, 6) is 0.512. The van der Waals surface area contributed by atoms with Crippen molar-refractivity contribution >= 4 is 17.2 Å². The summed E-state index contributed by atoms with van der Waals surface area (Å²) < 4.78 is 5.27. The molecule has 3 aromatic rings. The summed E-state index contributed by atoms with van der Waals surface area (Å²) in [5.41, 5.74) is 5.47. The smallest absolute Gasteiger partial charge is 0.294 e. The van der Waals surface area contributed by atoms with Gasteiger partial charge in [0.05, 0.1) is 13.2 Å². The average molecular weight is 414 g/mol. The van der Waals surface area contributed by atoms with Crippen LogP contribution in [0.15, 0.2) is 78.6 Å². The molecule has 3 aromatic carbocycles. The number of aliphatic hydroxyl groups excluding tert-OH is 1. The Kier molecular flexibility index (Phi) is 5.55. The SMILES string of the molecule is COc1ccc(N2C(=O)C(O)=C(c3ccc(C)cc3)C2c2ccc(C(C)C)cc2)cc1. The van der Waals surface area contributed by atoms with Crippen LogP contribution in [0.5, 0.6) is 5.75 Å². The van der Waals surface area contributed by atoms with Gasteiger partial charge in [-0.05, 0) is 53.8 Å². The second-order valence-corrected chi connectivity index (χ2v) is 8.23. The Labute approximate surface area is 183 Å². The molecule has 4 rings (SSSR count). The molecule has 0 aromatic heterocycles. The summed E-state index contributed by atoms with van der Waals surface area (Å²) in [6.45, 7) is 6.33. The van der Waals surface area contributed by atoms with Crippen LogP contribution in [-0.4, -0.2) is 18.1 Å². The number of benzene rings is 3. The first-order chi connectivity index (χ1) is 14.9. The van der Waals surface area contributed by atoms with E-state index >= 15 is 0 Å². The number of nitrogens with zero attached hydrogens (tertiary/aromatic N) is 1. The monoisotopic (exact) mass is 413 g/mol. The number of hydrogen-bond donors (Lipinski definition) is 1. The molecule has 158 valence electrons. The van der Waals surface area contributed by atoms with Gasteiger partial charge >= 0.3 is 0 Å². The summed E-state index contributed by atoms with van der Waals surface area (Å²) in [5, 5.41) is 11.0.